The minimum atomic E-state index is -0.637. The molecule has 5 nitrogen and oxygen atoms in total. The van der Waals surface area contributed by atoms with Gasteiger partial charge in [0.05, 0.1) is 5.54 Å². The molecule has 1 aliphatic carbocycles. The summed E-state index contributed by atoms with van der Waals surface area (Å²) in [4.78, 5) is 19.1. The monoisotopic (exact) mass is 308 g/mol. The van der Waals surface area contributed by atoms with Crippen LogP contribution in [0.3, 0.4) is 0 Å². The quantitative estimate of drug-likeness (QED) is 0.789. The molecule has 1 amide bonds. The van der Waals surface area contributed by atoms with Gasteiger partial charge in [-0.3, -0.25) is 4.79 Å². The van der Waals surface area contributed by atoms with Crippen LogP contribution in [0.5, 0.6) is 0 Å². The van der Waals surface area contributed by atoms with Crippen LogP contribution in [0.1, 0.15) is 37.9 Å². The zero-order valence-corrected chi connectivity index (χ0v) is 12.5. The molecule has 1 aromatic rings. The van der Waals surface area contributed by atoms with E-state index in [1.165, 1.54) is 6.42 Å². The predicted octanol–water partition coefficient (Wildman–Crippen LogP) is 1.57. The summed E-state index contributed by atoms with van der Waals surface area (Å²) in [6, 6.07) is 0. The van der Waals surface area contributed by atoms with Gasteiger partial charge in [-0.15, -0.1) is 24.8 Å². The van der Waals surface area contributed by atoms with Gasteiger partial charge < -0.3 is 16.0 Å². The Bertz CT molecular complexity index is 364. The molecule has 1 saturated carbocycles. The molecule has 0 bridgehead atoms. The number of hydrogen-bond donors (Lipinski definition) is 3. The highest BCUT2D eigenvalue weighted by atomic mass is 35.5. The number of H-pyrrole nitrogens is 1. The van der Waals surface area contributed by atoms with E-state index >= 15 is 0 Å². The van der Waals surface area contributed by atoms with Gasteiger partial charge in [-0.25, -0.2) is 4.98 Å². The normalized spacial score (nSPS) is 16.9. The van der Waals surface area contributed by atoms with Gasteiger partial charge in [0.1, 0.15) is 5.82 Å². The van der Waals surface area contributed by atoms with Crippen molar-refractivity contribution in [3.05, 3.63) is 18.2 Å². The van der Waals surface area contributed by atoms with Crippen LogP contribution in [-0.2, 0) is 11.2 Å². The molecule has 0 aliphatic heterocycles. The van der Waals surface area contributed by atoms with Crippen LogP contribution < -0.4 is 11.1 Å². The molecule has 1 heterocycles. The first-order valence-corrected chi connectivity index (χ1v) is 6.26. The average Bonchev–Trinajstić information content (AvgIpc) is 2.83. The number of nitrogens with two attached hydrogens (primary N) is 1. The molecule has 0 radical (unpaired) electrons. The van der Waals surface area contributed by atoms with Crippen molar-refractivity contribution in [2.45, 2.75) is 44.1 Å². The maximum atomic E-state index is 12.0. The first-order valence-electron chi connectivity index (χ1n) is 6.26. The molecule has 19 heavy (non-hydrogen) atoms. The number of nitrogens with one attached hydrogen (secondary N) is 2. The second kappa shape index (κ2) is 8.40. The lowest BCUT2D eigenvalue weighted by molar-refractivity contribution is -0.127. The van der Waals surface area contributed by atoms with Crippen molar-refractivity contribution in [3.8, 4) is 0 Å². The maximum Gasteiger partial charge on any atom is 0.240 e. The van der Waals surface area contributed by atoms with Crippen LogP contribution >= 0.6 is 24.8 Å². The first-order chi connectivity index (χ1) is 8.21. The third-order valence-electron chi connectivity index (χ3n) is 3.40. The summed E-state index contributed by atoms with van der Waals surface area (Å²) >= 11 is 0. The van der Waals surface area contributed by atoms with Crippen LogP contribution in [0.25, 0.3) is 0 Å². The van der Waals surface area contributed by atoms with Crippen molar-refractivity contribution in [3.63, 3.8) is 0 Å². The van der Waals surface area contributed by atoms with Crippen molar-refractivity contribution < 1.29 is 4.79 Å². The average molecular weight is 309 g/mol. The van der Waals surface area contributed by atoms with E-state index in [9.17, 15) is 4.79 Å². The number of aromatic nitrogens is 2. The fraction of sp³-hybridized carbons (Fsp3) is 0.667. The molecule has 0 unspecified atom stereocenters. The highest BCUT2D eigenvalue weighted by Gasteiger charge is 2.34. The van der Waals surface area contributed by atoms with Gasteiger partial charge in [0.25, 0.3) is 0 Å². The largest absolute Gasteiger partial charge is 0.354 e. The van der Waals surface area contributed by atoms with E-state index in [1.54, 1.807) is 12.4 Å². The number of nitrogens with zero attached hydrogens (tertiary/aromatic N) is 1. The fourth-order valence-corrected chi connectivity index (χ4v) is 2.31. The topological polar surface area (TPSA) is 83.8 Å². The van der Waals surface area contributed by atoms with Crippen molar-refractivity contribution >= 4 is 30.7 Å². The summed E-state index contributed by atoms with van der Waals surface area (Å²) in [5, 5.41) is 2.91. The SMILES string of the molecule is Cl.Cl.NC1(C(=O)NCCc2ncc[nH]2)CCCCC1. The number of rotatable bonds is 4. The number of carbonyl (C=O) groups is 1. The summed E-state index contributed by atoms with van der Waals surface area (Å²) in [6.07, 6.45) is 9.13. The summed E-state index contributed by atoms with van der Waals surface area (Å²) in [7, 11) is 0. The zero-order valence-electron chi connectivity index (χ0n) is 10.9. The summed E-state index contributed by atoms with van der Waals surface area (Å²) in [5.41, 5.74) is 5.49. The van der Waals surface area contributed by atoms with Gasteiger partial charge in [0.15, 0.2) is 0 Å². The molecule has 1 aromatic heterocycles. The summed E-state index contributed by atoms with van der Waals surface area (Å²) in [5.74, 6) is 0.878. The molecule has 4 N–H and O–H groups in total. The van der Waals surface area contributed by atoms with Crippen LogP contribution in [0, 0.1) is 0 Å². The Kier molecular flexibility index (Phi) is 8.06. The molecule has 0 aromatic carbocycles. The zero-order chi connectivity index (χ0) is 12.1. The Hall–Kier alpha value is -0.780. The van der Waals surface area contributed by atoms with E-state index in [-0.39, 0.29) is 30.7 Å². The van der Waals surface area contributed by atoms with Gasteiger partial charge in [-0.1, -0.05) is 19.3 Å². The fourth-order valence-electron chi connectivity index (χ4n) is 2.31. The lowest BCUT2D eigenvalue weighted by atomic mass is 9.82. The first kappa shape index (κ1) is 18.2. The molecule has 1 fully saturated rings. The van der Waals surface area contributed by atoms with Crippen LogP contribution in [0.4, 0.5) is 0 Å². The summed E-state index contributed by atoms with van der Waals surface area (Å²) in [6.45, 7) is 0.589. The smallest absolute Gasteiger partial charge is 0.240 e. The predicted molar refractivity (Wildman–Crippen MR) is 79.8 cm³/mol. The second-order valence-corrected chi connectivity index (χ2v) is 4.76. The number of aromatic amines is 1. The van der Waals surface area contributed by atoms with Crippen molar-refractivity contribution in [2.75, 3.05) is 6.54 Å². The molecule has 0 spiro atoms. The third-order valence-corrected chi connectivity index (χ3v) is 3.40. The summed E-state index contributed by atoms with van der Waals surface area (Å²) < 4.78 is 0. The Morgan fingerprint density at radius 3 is 2.63 bits per heavy atom. The van der Waals surface area contributed by atoms with E-state index < -0.39 is 5.54 Å². The molecular formula is C12H22Cl2N4O. The highest BCUT2D eigenvalue weighted by molar-refractivity contribution is 5.86. The maximum absolute atomic E-state index is 12.0. The molecule has 1 aliphatic rings. The number of carbonyl (C=O) groups excluding carboxylic acids is 1. The molecule has 110 valence electrons. The van der Waals surface area contributed by atoms with Crippen molar-refractivity contribution in [1.82, 2.24) is 15.3 Å². The number of hydrogen-bond acceptors (Lipinski definition) is 3. The van der Waals surface area contributed by atoms with E-state index in [1.807, 2.05) is 0 Å². The molecule has 0 saturated heterocycles. The Morgan fingerprint density at radius 2 is 2.05 bits per heavy atom. The Labute approximate surface area is 125 Å². The van der Waals surface area contributed by atoms with Crippen LogP contribution in [0.2, 0.25) is 0 Å². The van der Waals surface area contributed by atoms with Gasteiger partial charge in [0, 0.05) is 25.4 Å². The van der Waals surface area contributed by atoms with E-state index in [0.717, 1.165) is 37.9 Å². The van der Waals surface area contributed by atoms with Gasteiger partial charge >= 0.3 is 0 Å². The standard InChI is InChI=1S/C12H20N4O.2ClH/c13-12(5-2-1-3-6-12)11(17)16-7-4-10-14-8-9-15-10;;/h8-9H,1-7,13H2,(H,14,15)(H,16,17);2*1H. The van der Waals surface area contributed by atoms with Crippen LogP contribution in [-0.4, -0.2) is 28.0 Å². The van der Waals surface area contributed by atoms with Crippen molar-refractivity contribution in [2.24, 2.45) is 5.73 Å². The number of amides is 1. The Morgan fingerprint density at radius 1 is 1.37 bits per heavy atom. The lowest BCUT2D eigenvalue weighted by Gasteiger charge is -2.31. The van der Waals surface area contributed by atoms with Gasteiger partial charge in [0.2, 0.25) is 5.91 Å². The third kappa shape index (κ3) is 5.01. The second-order valence-electron chi connectivity index (χ2n) is 4.76. The van der Waals surface area contributed by atoms with E-state index in [0.29, 0.717) is 6.54 Å². The number of imidazole rings is 1. The molecule has 2 rings (SSSR count). The minimum Gasteiger partial charge on any atom is -0.354 e. The van der Waals surface area contributed by atoms with Crippen LogP contribution in [0.15, 0.2) is 12.4 Å². The molecule has 7 heteroatoms. The lowest BCUT2D eigenvalue weighted by Crippen LogP contribution is -2.55. The minimum absolute atomic E-state index is 0. The van der Waals surface area contributed by atoms with Crippen molar-refractivity contribution in [1.29, 1.82) is 0 Å². The highest BCUT2D eigenvalue weighted by Crippen LogP contribution is 2.25. The van der Waals surface area contributed by atoms with E-state index in [4.69, 9.17) is 5.73 Å². The Balaban J connectivity index is 0.00000162. The van der Waals surface area contributed by atoms with Gasteiger partial charge in [-0.2, -0.15) is 0 Å². The number of halogens is 2. The van der Waals surface area contributed by atoms with Gasteiger partial charge in [-0.05, 0) is 12.8 Å². The van der Waals surface area contributed by atoms with E-state index in [2.05, 4.69) is 15.3 Å². The molecule has 0 atom stereocenters. The molecular weight excluding hydrogens is 287 g/mol.